The Hall–Kier alpha value is -3.71. The van der Waals surface area contributed by atoms with Crippen LogP contribution in [0.2, 0.25) is 0 Å². The van der Waals surface area contributed by atoms with Crippen molar-refractivity contribution in [2.24, 2.45) is 0 Å². The third-order valence-corrected chi connectivity index (χ3v) is 6.28. The highest BCUT2D eigenvalue weighted by molar-refractivity contribution is 5.77. The molecule has 0 atom stereocenters. The lowest BCUT2D eigenvalue weighted by molar-refractivity contribution is 0.582. The number of nitrogens with one attached hydrogen (secondary N) is 2. The van der Waals surface area contributed by atoms with Gasteiger partial charge >= 0.3 is 0 Å². The van der Waals surface area contributed by atoms with Gasteiger partial charge in [-0.1, -0.05) is 45.0 Å². The predicted octanol–water partition coefficient (Wildman–Crippen LogP) is 4.46. The van der Waals surface area contributed by atoms with Crippen LogP contribution in [0.3, 0.4) is 0 Å². The van der Waals surface area contributed by atoms with Gasteiger partial charge < -0.3 is 10.6 Å². The van der Waals surface area contributed by atoms with Crippen LogP contribution in [-0.4, -0.2) is 25.9 Å². The van der Waals surface area contributed by atoms with Crippen LogP contribution < -0.4 is 16.2 Å². The maximum atomic E-state index is 13.2. The van der Waals surface area contributed by atoms with Gasteiger partial charge in [-0.3, -0.25) is 4.79 Å². The minimum Gasteiger partial charge on any atom is -0.324 e. The summed E-state index contributed by atoms with van der Waals surface area (Å²) in [5.74, 6) is 0.456. The van der Waals surface area contributed by atoms with E-state index in [1.165, 1.54) is 16.7 Å². The summed E-state index contributed by atoms with van der Waals surface area (Å²) >= 11 is 0. The first-order chi connectivity index (χ1) is 16.3. The second-order valence-electron chi connectivity index (χ2n) is 9.75. The minimum atomic E-state index is -0.135. The molecule has 2 N–H and O–H groups in total. The highest BCUT2D eigenvalue weighted by Gasteiger charge is 2.20. The van der Waals surface area contributed by atoms with Gasteiger partial charge in [-0.15, -0.1) is 6.58 Å². The second-order valence-corrected chi connectivity index (χ2v) is 9.75. The summed E-state index contributed by atoms with van der Waals surface area (Å²) in [4.78, 5) is 22.5. The summed E-state index contributed by atoms with van der Waals surface area (Å²) < 4.78 is 3.53. The Bertz CT molecular complexity index is 1440. The van der Waals surface area contributed by atoms with Gasteiger partial charge in [0.1, 0.15) is 5.39 Å². The molecular weight excluding hydrogens is 424 g/mol. The third kappa shape index (κ3) is 4.03. The number of anilines is 2. The van der Waals surface area contributed by atoms with E-state index in [0.717, 1.165) is 30.9 Å². The number of aromatic nitrogens is 4. The number of fused-ring (bicyclic) bond motifs is 2. The minimum absolute atomic E-state index is 0.0216. The van der Waals surface area contributed by atoms with Crippen molar-refractivity contribution in [2.45, 2.75) is 45.7 Å². The van der Waals surface area contributed by atoms with Gasteiger partial charge in [0.2, 0.25) is 5.95 Å². The number of hydrogen-bond acceptors (Lipinski definition) is 5. The highest BCUT2D eigenvalue weighted by Crippen LogP contribution is 2.26. The number of benzene rings is 2. The Morgan fingerprint density at radius 1 is 1.18 bits per heavy atom. The van der Waals surface area contributed by atoms with Gasteiger partial charge in [-0.2, -0.15) is 4.98 Å². The van der Waals surface area contributed by atoms with Crippen molar-refractivity contribution in [1.82, 2.24) is 24.6 Å². The molecule has 0 aliphatic carbocycles. The number of allylic oxidation sites excluding steroid dienone is 1. The molecule has 0 amide bonds. The van der Waals surface area contributed by atoms with Crippen molar-refractivity contribution in [3.05, 3.63) is 88.4 Å². The van der Waals surface area contributed by atoms with Gasteiger partial charge in [0, 0.05) is 18.4 Å². The highest BCUT2D eigenvalue weighted by atomic mass is 16.1. The van der Waals surface area contributed by atoms with Crippen molar-refractivity contribution in [3.8, 4) is 5.69 Å². The molecule has 1 aliphatic heterocycles. The van der Waals surface area contributed by atoms with E-state index in [0.29, 0.717) is 23.5 Å². The topological polar surface area (TPSA) is 76.8 Å². The summed E-state index contributed by atoms with van der Waals surface area (Å²) in [6.45, 7) is 12.6. The number of hydrogen-bond donors (Lipinski definition) is 2. The first-order valence-corrected chi connectivity index (χ1v) is 11.6. The Labute approximate surface area is 199 Å². The number of rotatable bonds is 5. The van der Waals surface area contributed by atoms with Crippen LogP contribution in [-0.2, 0) is 24.9 Å². The first kappa shape index (κ1) is 22.1. The molecule has 7 nitrogen and oxygen atoms in total. The molecular formula is C27H30N6O. The van der Waals surface area contributed by atoms with Crippen molar-refractivity contribution in [3.63, 3.8) is 0 Å². The van der Waals surface area contributed by atoms with Crippen LogP contribution in [0.1, 0.15) is 37.5 Å². The standard InChI is InChI=1S/C27H30N6O/c1-5-13-32-25(34)23-17-29-26(30-21-10-9-19-16-28-12-11-18(19)14-21)31-24(23)33(32)22-8-6-7-20(15-22)27(2,3)4/h5-10,14-15,17,28H,1,11-13,16H2,2-4H3,(H,29,30,31). The maximum Gasteiger partial charge on any atom is 0.278 e. The molecule has 174 valence electrons. The normalized spacial score (nSPS) is 13.6. The molecule has 4 aromatic rings. The van der Waals surface area contributed by atoms with Crippen molar-refractivity contribution in [1.29, 1.82) is 0 Å². The van der Waals surface area contributed by atoms with E-state index >= 15 is 0 Å². The Kier molecular flexibility index (Phi) is 5.57. The quantitative estimate of drug-likeness (QED) is 0.436. The molecule has 0 radical (unpaired) electrons. The van der Waals surface area contributed by atoms with E-state index in [1.54, 1.807) is 17.0 Å². The molecule has 2 aromatic heterocycles. The Balaban J connectivity index is 1.62. The lowest BCUT2D eigenvalue weighted by Gasteiger charge is -2.20. The fourth-order valence-corrected chi connectivity index (χ4v) is 4.43. The second kappa shape index (κ2) is 8.57. The molecule has 0 fully saturated rings. The van der Waals surface area contributed by atoms with E-state index in [9.17, 15) is 4.79 Å². The average Bonchev–Trinajstić information content (AvgIpc) is 3.10. The molecule has 34 heavy (non-hydrogen) atoms. The SMILES string of the molecule is C=CCn1c(=O)c2cnc(Nc3ccc4c(c3)CCNC4)nc2n1-c1cccc(C(C)(C)C)c1. The first-order valence-electron chi connectivity index (χ1n) is 11.6. The summed E-state index contributed by atoms with van der Waals surface area (Å²) in [6, 6.07) is 14.6. The van der Waals surface area contributed by atoms with Gasteiger partial charge in [0.05, 0.1) is 12.2 Å². The molecule has 1 aliphatic rings. The van der Waals surface area contributed by atoms with Crippen molar-refractivity contribution < 1.29 is 0 Å². The lowest BCUT2D eigenvalue weighted by Crippen LogP contribution is -2.23. The monoisotopic (exact) mass is 454 g/mol. The van der Waals surface area contributed by atoms with E-state index in [2.05, 4.69) is 67.2 Å². The Morgan fingerprint density at radius 2 is 2.03 bits per heavy atom. The summed E-state index contributed by atoms with van der Waals surface area (Å²) in [7, 11) is 0. The van der Waals surface area contributed by atoms with Crippen LogP contribution in [0.25, 0.3) is 16.7 Å². The largest absolute Gasteiger partial charge is 0.324 e. The zero-order valence-corrected chi connectivity index (χ0v) is 19.9. The van der Waals surface area contributed by atoms with E-state index < -0.39 is 0 Å². The van der Waals surface area contributed by atoms with Crippen molar-refractivity contribution >= 4 is 22.7 Å². The molecule has 0 saturated heterocycles. The molecule has 0 saturated carbocycles. The summed E-state index contributed by atoms with van der Waals surface area (Å²) in [6.07, 6.45) is 4.33. The van der Waals surface area contributed by atoms with Gasteiger partial charge in [0.25, 0.3) is 5.56 Å². The fourth-order valence-electron chi connectivity index (χ4n) is 4.43. The Morgan fingerprint density at radius 3 is 2.82 bits per heavy atom. The third-order valence-electron chi connectivity index (χ3n) is 6.28. The van der Waals surface area contributed by atoms with E-state index in [1.807, 2.05) is 22.9 Å². The van der Waals surface area contributed by atoms with Gasteiger partial charge in [0.15, 0.2) is 5.65 Å². The molecule has 0 bridgehead atoms. The fraction of sp³-hybridized carbons (Fsp3) is 0.296. The van der Waals surface area contributed by atoms with Gasteiger partial charge in [-0.25, -0.2) is 14.3 Å². The summed E-state index contributed by atoms with van der Waals surface area (Å²) in [5.41, 5.74) is 6.06. The van der Waals surface area contributed by atoms with Crippen LogP contribution >= 0.6 is 0 Å². The smallest absolute Gasteiger partial charge is 0.278 e. The lowest BCUT2D eigenvalue weighted by atomic mass is 9.87. The zero-order valence-electron chi connectivity index (χ0n) is 19.9. The number of nitrogens with zero attached hydrogens (tertiary/aromatic N) is 4. The summed E-state index contributed by atoms with van der Waals surface area (Å²) in [5, 5.41) is 7.21. The molecule has 3 heterocycles. The average molecular weight is 455 g/mol. The molecule has 7 heteroatoms. The molecule has 0 unspecified atom stereocenters. The van der Waals surface area contributed by atoms with Crippen LogP contribution in [0.4, 0.5) is 11.6 Å². The van der Waals surface area contributed by atoms with E-state index in [4.69, 9.17) is 4.98 Å². The van der Waals surface area contributed by atoms with Gasteiger partial charge in [-0.05, 0) is 59.3 Å². The van der Waals surface area contributed by atoms with Crippen LogP contribution in [0, 0.1) is 0 Å². The van der Waals surface area contributed by atoms with E-state index in [-0.39, 0.29) is 11.0 Å². The molecule has 5 rings (SSSR count). The molecule has 2 aromatic carbocycles. The zero-order chi connectivity index (χ0) is 23.9. The van der Waals surface area contributed by atoms with Crippen LogP contribution in [0.15, 0.2) is 66.1 Å². The predicted molar refractivity (Wildman–Crippen MR) is 137 cm³/mol. The molecule has 0 spiro atoms. The van der Waals surface area contributed by atoms with Crippen LogP contribution in [0.5, 0.6) is 0 Å². The maximum absolute atomic E-state index is 13.2. The van der Waals surface area contributed by atoms with Crippen molar-refractivity contribution in [2.75, 3.05) is 11.9 Å².